The number of carboxylic acids is 1. The Morgan fingerprint density at radius 2 is 1.00 bits per heavy atom. The van der Waals surface area contributed by atoms with Crippen LogP contribution in [0.1, 0.15) is 149 Å². The summed E-state index contributed by atoms with van der Waals surface area (Å²) >= 11 is 0. The Balaban J connectivity index is 4.41. The maximum Gasteiger partial charge on any atom is 0.306 e. The minimum Gasteiger partial charge on any atom is -0.544 e. The summed E-state index contributed by atoms with van der Waals surface area (Å²) in [5.41, 5.74) is 0. The first-order valence-corrected chi connectivity index (χ1v) is 22.3. The molecule has 0 N–H and O–H groups in total. The number of nitrogens with zero attached hydrogens (tertiary/aromatic N) is 1. The fraction of sp³-hybridized carbons (Fsp3) is 0.620. The number of hydrogen-bond acceptors (Lipinski definition) is 7. The van der Waals surface area contributed by atoms with Gasteiger partial charge >= 0.3 is 11.9 Å². The summed E-state index contributed by atoms with van der Waals surface area (Å²) < 4.78 is 17.1. The maximum atomic E-state index is 12.7. The molecular weight excluding hydrogens is 727 g/mol. The Kier molecular flexibility index (Phi) is 37.5. The Bertz CT molecular complexity index is 1260. The zero-order valence-corrected chi connectivity index (χ0v) is 37.2. The van der Waals surface area contributed by atoms with Crippen molar-refractivity contribution >= 4 is 17.9 Å². The molecule has 0 radical (unpaired) electrons. The molecule has 0 aliphatic rings. The van der Waals surface area contributed by atoms with E-state index in [9.17, 15) is 19.5 Å². The fourth-order valence-corrected chi connectivity index (χ4v) is 5.89. The number of quaternary nitrogens is 1. The van der Waals surface area contributed by atoms with Crippen LogP contribution < -0.4 is 5.11 Å². The van der Waals surface area contributed by atoms with Gasteiger partial charge in [-0.05, 0) is 70.6 Å². The lowest BCUT2D eigenvalue weighted by Crippen LogP contribution is -2.55. The van der Waals surface area contributed by atoms with Crippen molar-refractivity contribution in [3.05, 3.63) is 97.2 Å². The molecule has 0 saturated carbocycles. The van der Waals surface area contributed by atoms with Gasteiger partial charge in [0, 0.05) is 19.3 Å². The van der Waals surface area contributed by atoms with Crippen LogP contribution in [0.25, 0.3) is 0 Å². The molecule has 8 nitrogen and oxygen atoms in total. The molecule has 0 aromatic heterocycles. The van der Waals surface area contributed by atoms with Gasteiger partial charge in [0.2, 0.25) is 0 Å². The van der Waals surface area contributed by atoms with Crippen LogP contribution in [0, 0.1) is 0 Å². The van der Waals surface area contributed by atoms with Crippen molar-refractivity contribution in [2.24, 2.45) is 0 Å². The van der Waals surface area contributed by atoms with Crippen LogP contribution in [0.5, 0.6) is 0 Å². The van der Waals surface area contributed by atoms with Crippen molar-refractivity contribution in [2.75, 3.05) is 41.0 Å². The normalized spacial score (nSPS) is 13.9. The summed E-state index contributed by atoms with van der Waals surface area (Å²) in [6.07, 6.45) is 52.8. The van der Waals surface area contributed by atoms with Gasteiger partial charge in [-0.1, -0.05) is 156 Å². The van der Waals surface area contributed by atoms with E-state index in [2.05, 4.69) is 80.7 Å². The summed E-state index contributed by atoms with van der Waals surface area (Å²) in [5.74, 6) is -1.80. The largest absolute Gasteiger partial charge is 0.544 e. The number of aliphatic carboxylic acids is 1. The third kappa shape index (κ3) is 37.8. The molecule has 0 aromatic carbocycles. The van der Waals surface area contributed by atoms with Crippen molar-refractivity contribution in [1.29, 1.82) is 0 Å². The number of likely N-dealkylation sites (N-methyl/N-ethyl adjacent to an activating group) is 1. The van der Waals surface area contributed by atoms with Crippen LogP contribution in [0.4, 0.5) is 0 Å². The van der Waals surface area contributed by atoms with Crippen LogP contribution in [-0.4, -0.2) is 75.5 Å². The minimum absolute atomic E-state index is 0.0196. The van der Waals surface area contributed by atoms with Crippen LogP contribution >= 0.6 is 0 Å². The van der Waals surface area contributed by atoms with Crippen LogP contribution in [0.15, 0.2) is 97.2 Å². The highest BCUT2D eigenvalue weighted by atomic mass is 16.6. The van der Waals surface area contributed by atoms with Crippen LogP contribution in [-0.2, 0) is 28.6 Å². The van der Waals surface area contributed by atoms with E-state index >= 15 is 0 Å². The average molecular weight is 808 g/mol. The number of carbonyl (C=O) groups excluding carboxylic acids is 3. The highest BCUT2D eigenvalue weighted by Gasteiger charge is 2.25. The molecule has 0 aromatic rings. The van der Waals surface area contributed by atoms with Gasteiger partial charge in [0.15, 0.2) is 6.10 Å². The Morgan fingerprint density at radius 1 is 0.534 bits per heavy atom. The molecule has 0 saturated heterocycles. The number of unbranched alkanes of at least 4 members (excludes halogenated alkanes) is 11. The zero-order chi connectivity index (χ0) is 42.8. The Morgan fingerprint density at radius 3 is 1.55 bits per heavy atom. The molecule has 2 unspecified atom stereocenters. The van der Waals surface area contributed by atoms with Crippen molar-refractivity contribution in [1.82, 2.24) is 0 Å². The van der Waals surface area contributed by atoms with Gasteiger partial charge in [-0.25, -0.2) is 0 Å². The van der Waals surface area contributed by atoms with Gasteiger partial charge in [-0.2, -0.15) is 0 Å². The number of ether oxygens (including phenoxy) is 3. The van der Waals surface area contributed by atoms with Crippen molar-refractivity contribution in [3.63, 3.8) is 0 Å². The molecule has 0 spiro atoms. The smallest absolute Gasteiger partial charge is 0.306 e. The fourth-order valence-electron chi connectivity index (χ4n) is 5.89. The van der Waals surface area contributed by atoms with E-state index in [1.807, 2.05) is 30.4 Å². The quantitative estimate of drug-likeness (QED) is 0.0201. The van der Waals surface area contributed by atoms with E-state index in [1.165, 1.54) is 12.8 Å². The predicted octanol–water partition coefficient (Wildman–Crippen LogP) is 11.0. The lowest BCUT2D eigenvalue weighted by atomic mass is 10.1. The predicted molar refractivity (Wildman–Crippen MR) is 240 cm³/mol. The molecule has 8 heteroatoms. The number of rotatable bonds is 38. The van der Waals surface area contributed by atoms with E-state index < -0.39 is 18.1 Å². The second-order valence-corrected chi connectivity index (χ2v) is 15.6. The number of carbonyl (C=O) groups is 3. The lowest BCUT2D eigenvalue weighted by molar-refractivity contribution is -0.889. The van der Waals surface area contributed by atoms with E-state index in [0.717, 1.165) is 103 Å². The van der Waals surface area contributed by atoms with E-state index in [1.54, 1.807) is 21.1 Å². The summed E-state index contributed by atoms with van der Waals surface area (Å²) in [7, 11) is 5.38. The van der Waals surface area contributed by atoms with Crippen LogP contribution in [0.3, 0.4) is 0 Å². The summed E-state index contributed by atoms with van der Waals surface area (Å²) in [5, 5.41) is 11.6. The molecule has 58 heavy (non-hydrogen) atoms. The van der Waals surface area contributed by atoms with Gasteiger partial charge in [0.05, 0.1) is 40.3 Å². The van der Waals surface area contributed by atoms with E-state index in [-0.39, 0.29) is 49.1 Å². The monoisotopic (exact) mass is 808 g/mol. The van der Waals surface area contributed by atoms with E-state index in [4.69, 9.17) is 14.2 Å². The molecule has 0 rings (SSSR count). The standard InChI is InChI=1S/C50H81NO7/c1-6-8-10-12-14-16-18-20-22-23-24-25-27-28-30-32-34-36-38-40-48(52)57-45-46(44-56-43-42-47(50(54)55)51(3,4)5)58-49(53)41-39-37-35-33-31-29-26-21-19-17-15-13-11-9-7-2/h8-11,13-17,19-22,24-26,46-47H,6-7,12,18,23,27-45H2,1-5H3/b10-8+,11-9+,15-13+,16-14+,19-17+,22-20+,25-24+,26-21+. The third-order valence-electron chi connectivity index (χ3n) is 9.31. The second kappa shape index (κ2) is 40.0. The second-order valence-electron chi connectivity index (χ2n) is 15.6. The molecule has 2 atom stereocenters. The zero-order valence-electron chi connectivity index (χ0n) is 37.2. The lowest BCUT2D eigenvalue weighted by Gasteiger charge is -2.34. The molecule has 0 fully saturated rings. The van der Waals surface area contributed by atoms with Crippen molar-refractivity contribution in [2.45, 2.75) is 161 Å². The SMILES string of the molecule is CC/C=C/C=C/C=C/C=C/CCCCCCCC(=O)OC(COCCC(C(=O)[O-])[N+](C)(C)C)COC(=O)CCCCCCCC/C=C/C/C=C/C/C=C/C/C=C/CC. The van der Waals surface area contributed by atoms with Crippen LogP contribution in [0.2, 0.25) is 0 Å². The molecule has 0 amide bonds. The highest BCUT2D eigenvalue weighted by molar-refractivity contribution is 5.70. The molecule has 0 aliphatic carbocycles. The highest BCUT2D eigenvalue weighted by Crippen LogP contribution is 2.13. The summed E-state index contributed by atoms with van der Waals surface area (Å²) in [6.45, 7) is 4.35. The molecular formula is C50H81NO7. The number of carboxylic acid groups (broad SMARTS) is 1. The molecule has 0 aliphatic heterocycles. The first-order valence-electron chi connectivity index (χ1n) is 22.3. The molecule has 0 heterocycles. The molecule has 328 valence electrons. The van der Waals surface area contributed by atoms with Gasteiger partial charge in [0.25, 0.3) is 0 Å². The maximum absolute atomic E-state index is 12.7. The van der Waals surface area contributed by atoms with Crippen molar-refractivity contribution < 1.29 is 38.2 Å². The van der Waals surface area contributed by atoms with Gasteiger partial charge in [-0.15, -0.1) is 0 Å². The number of hydrogen-bond donors (Lipinski definition) is 0. The Labute approximate surface area is 354 Å². The van der Waals surface area contributed by atoms with Gasteiger partial charge in [0.1, 0.15) is 12.6 Å². The van der Waals surface area contributed by atoms with Gasteiger partial charge < -0.3 is 28.6 Å². The summed E-state index contributed by atoms with van der Waals surface area (Å²) in [4.78, 5) is 36.9. The number of esters is 2. The molecule has 0 bridgehead atoms. The topological polar surface area (TPSA) is 102 Å². The van der Waals surface area contributed by atoms with Crippen molar-refractivity contribution in [3.8, 4) is 0 Å². The van der Waals surface area contributed by atoms with Gasteiger partial charge in [-0.3, -0.25) is 9.59 Å². The summed E-state index contributed by atoms with van der Waals surface area (Å²) in [6, 6.07) is -0.738. The first kappa shape index (κ1) is 54.2. The Hall–Kier alpha value is -3.75. The first-order chi connectivity index (χ1) is 28.1. The average Bonchev–Trinajstić information content (AvgIpc) is 3.18. The third-order valence-corrected chi connectivity index (χ3v) is 9.31. The van der Waals surface area contributed by atoms with E-state index in [0.29, 0.717) is 6.42 Å². The minimum atomic E-state index is -1.14. The number of allylic oxidation sites excluding steroid dienone is 16.